The van der Waals surface area contributed by atoms with Crippen LogP contribution in [0.2, 0.25) is 0 Å². The molecule has 3 heterocycles. The van der Waals surface area contributed by atoms with E-state index in [9.17, 15) is 75.7 Å². The molecule has 2 amide bonds. The first-order valence-corrected chi connectivity index (χ1v) is 37.4. The number of rotatable bonds is 58. The van der Waals surface area contributed by atoms with Gasteiger partial charge in [-0.15, -0.1) is 0 Å². The van der Waals surface area contributed by atoms with Crippen LogP contribution in [-0.2, 0) is 42.8 Å². The highest BCUT2D eigenvalue weighted by Crippen LogP contribution is 2.39. The molecule has 23 heteroatoms. The van der Waals surface area contributed by atoms with Crippen LogP contribution in [0.3, 0.4) is 0 Å². The van der Waals surface area contributed by atoms with Crippen molar-refractivity contribution in [1.29, 1.82) is 0 Å². The van der Waals surface area contributed by atoms with Gasteiger partial charge in [-0.3, -0.25) is 9.59 Å². The number of hydrogen-bond acceptors (Lipinski definition) is 20. The Labute approximate surface area is 563 Å². The first kappa shape index (κ1) is 86.0. The molecule has 554 valence electrons. The summed E-state index contributed by atoms with van der Waals surface area (Å²) in [5.41, 5.74) is 0. The summed E-state index contributed by atoms with van der Waals surface area (Å²) in [4.78, 5) is 38.6. The normalized spacial score (nSPS) is 27.8. The Morgan fingerprint density at radius 1 is 0.511 bits per heavy atom. The van der Waals surface area contributed by atoms with Gasteiger partial charge in [0.25, 0.3) is 5.79 Å². The average molecular weight is 1350 g/mol. The van der Waals surface area contributed by atoms with E-state index >= 15 is 0 Å². The highest BCUT2D eigenvalue weighted by Gasteiger charge is 2.60. The Bertz CT molecular complexity index is 1900. The third-order valence-corrected chi connectivity index (χ3v) is 19.3. The number of amides is 2. The molecule has 3 aliphatic rings. The first-order valence-electron chi connectivity index (χ1n) is 37.4. The molecule has 0 aromatic carbocycles. The summed E-state index contributed by atoms with van der Waals surface area (Å²) in [5, 5.41) is 136. The maximum Gasteiger partial charge on any atom is 0.364 e. The van der Waals surface area contributed by atoms with Gasteiger partial charge in [-0.25, -0.2) is 4.79 Å². The number of nitrogens with one attached hydrogen (secondary N) is 2. The Morgan fingerprint density at radius 2 is 0.926 bits per heavy atom. The van der Waals surface area contributed by atoms with Crippen molar-refractivity contribution in [2.45, 2.75) is 407 Å². The Hall–Kier alpha value is -2.27. The highest BCUT2D eigenvalue weighted by molar-refractivity contribution is 5.77. The van der Waals surface area contributed by atoms with Crippen molar-refractivity contribution in [2.24, 2.45) is 0 Å². The summed E-state index contributed by atoms with van der Waals surface area (Å²) < 4.78 is 34.9. The number of ether oxygens (including phenoxy) is 6. The van der Waals surface area contributed by atoms with E-state index in [0.29, 0.717) is 19.3 Å². The average Bonchev–Trinajstić information content (AvgIpc) is 0.758. The molecule has 0 aliphatic carbocycles. The van der Waals surface area contributed by atoms with E-state index in [4.69, 9.17) is 28.4 Å². The predicted octanol–water partition coefficient (Wildman–Crippen LogP) is 8.07. The molecule has 3 aliphatic heterocycles. The summed E-state index contributed by atoms with van der Waals surface area (Å²) in [6, 6.07) is -2.52. The molecule has 0 radical (unpaired) electrons. The third kappa shape index (κ3) is 33.3. The van der Waals surface area contributed by atoms with Crippen molar-refractivity contribution in [3.05, 3.63) is 0 Å². The quantitative estimate of drug-likeness (QED) is 0.0256. The minimum absolute atomic E-state index is 0.229. The smallest absolute Gasteiger partial charge is 0.364 e. The molecular formula is C71H134N2O21. The van der Waals surface area contributed by atoms with E-state index in [1.165, 1.54) is 199 Å². The van der Waals surface area contributed by atoms with Crippen LogP contribution in [0.1, 0.15) is 297 Å². The van der Waals surface area contributed by atoms with E-state index in [0.717, 1.165) is 51.9 Å². The number of carbonyl (C=O) groups excluding carboxylic acids is 2. The monoisotopic (exact) mass is 1350 g/mol. The maximum atomic E-state index is 13.5. The van der Waals surface area contributed by atoms with Gasteiger partial charge in [-0.1, -0.05) is 264 Å². The fourth-order valence-corrected chi connectivity index (χ4v) is 13.4. The number of carboxylic acids is 1. The van der Waals surface area contributed by atoms with Gasteiger partial charge in [0, 0.05) is 19.8 Å². The number of carbonyl (C=O) groups is 3. The second-order valence-corrected chi connectivity index (χ2v) is 27.5. The first-order chi connectivity index (χ1) is 45.4. The third-order valence-electron chi connectivity index (χ3n) is 19.3. The lowest BCUT2D eigenvalue weighted by atomic mass is 9.88. The Balaban J connectivity index is 1.52. The van der Waals surface area contributed by atoms with E-state index in [2.05, 4.69) is 24.5 Å². The van der Waals surface area contributed by atoms with Gasteiger partial charge in [0.05, 0.1) is 50.7 Å². The molecule has 0 aromatic heterocycles. The standard InChI is InChI=1S/C71H134N2O21/c1-4-6-8-10-12-14-16-18-20-21-22-23-24-25-26-27-28-29-30-31-33-35-37-39-41-43-45-58(81)73-52(53(78)44-42-40-38-36-34-32-19-17-15-13-11-9-7-5-2)50-89-68-63(85)62(84)65(57(49-76)91-68)92-69-64(86)67(61(83)56(48-75)90-69)94-71(70(87)88)46-54(79)59(72-51(3)77)66(93-71)60(82)55(80)47-74/h52-57,59-69,74-76,78-80,82-86H,4-50H2,1-3H3,(H,72,77)(H,73,81)(H,87,88). The lowest BCUT2D eigenvalue weighted by Gasteiger charge is -2.50. The molecule has 23 nitrogen and oxygen atoms in total. The van der Waals surface area contributed by atoms with Gasteiger partial charge in [-0.2, -0.15) is 0 Å². The van der Waals surface area contributed by atoms with Gasteiger partial charge < -0.3 is 100 Å². The van der Waals surface area contributed by atoms with Gasteiger partial charge in [0.1, 0.15) is 67.1 Å². The summed E-state index contributed by atoms with van der Waals surface area (Å²) in [5.74, 6) is -6.09. The molecule has 3 saturated heterocycles. The van der Waals surface area contributed by atoms with Gasteiger partial charge in [0.2, 0.25) is 11.8 Å². The van der Waals surface area contributed by atoms with Crippen molar-refractivity contribution < 1.29 is 104 Å². The van der Waals surface area contributed by atoms with E-state index in [1.54, 1.807) is 0 Å². The van der Waals surface area contributed by atoms with Crippen molar-refractivity contribution in [2.75, 3.05) is 26.4 Å². The van der Waals surface area contributed by atoms with Crippen LogP contribution in [0, 0.1) is 0 Å². The van der Waals surface area contributed by atoms with Crippen LogP contribution in [-0.4, -0.2) is 215 Å². The molecule has 0 spiro atoms. The van der Waals surface area contributed by atoms with E-state index in [-0.39, 0.29) is 18.9 Å². The van der Waals surface area contributed by atoms with Crippen molar-refractivity contribution in [1.82, 2.24) is 10.6 Å². The van der Waals surface area contributed by atoms with Crippen molar-refractivity contribution in [3.63, 3.8) is 0 Å². The van der Waals surface area contributed by atoms with Crippen LogP contribution < -0.4 is 10.6 Å². The minimum Gasteiger partial charge on any atom is -0.477 e. The molecule has 94 heavy (non-hydrogen) atoms. The van der Waals surface area contributed by atoms with Crippen LogP contribution >= 0.6 is 0 Å². The zero-order valence-corrected chi connectivity index (χ0v) is 58.1. The number of aliphatic hydroxyl groups excluding tert-OH is 11. The molecular weight excluding hydrogens is 1220 g/mol. The zero-order chi connectivity index (χ0) is 68.9. The molecule has 0 saturated carbocycles. The van der Waals surface area contributed by atoms with E-state index in [1.807, 2.05) is 0 Å². The van der Waals surface area contributed by atoms with Gasteiger partial charge in [-0.05, 0) is 12.8 Å². The maximum absolute atomic E-state index is 13.5. The van der Waals surface area contributed by atoms with Crippen molar-refractivity contribution >= 4 is 17.8 Å². The molecule has 14 N–H and O–H groups in total. The lowest BCUT2D eigenvalue weighted by molar-refractivity contribution is -0.386. The Morgan fingerprint density at radius 3 is 1.33 bits per heavy atom. The molecule has 0 aromatic rings. The minimum atomic E-state index is -3.08. The van der Waals surface area contributed by atoms with E-state index < -0.39 is 148 Å². The SMILES string of the molecule is CCCCCCCCCCCCCCCCCCCCCCCCCCCCC(=O)NC(COC1OC(CO)C(OC2OC(CO)C(O)C(OC3(C(=O)O)CC(O)C(NC(C)=O)C(C(O)C(O)CO)O3)C2O)C(O)C1O)C(O)CCCCCCCCCCCCCCCC. The highest BCUT2D eigenvalue weighted by atomic mass is 16.8. The zero-order valence-electron chi connectivity index (χ0n) is 58.1. The fourth-order valence-electron chi connectivity index (χ4n) is 13.4. The number of carboxylic acid groups (broad SMARTS) is 1. The predicted molar refractivity (Wildman–Crippen MR) is 357 cm³/mol. The summed E-state index contributed by atoms with van der Waals surface area (Å²) in [6.45, 7) is 2.24. The molecule has 18 unspecified atom stereocenters. The van der Waals surface area contributed by atoms with Gasteiger partial charge >= 0.3 is 5.97 Å². The second kappa shape index (κ2) is 51.8. The largest absolute Gasteiger partial charge is 0.477 e. The topological polar surface area (TPSA) is 373 Å². The number of aliphatic carboxylic acids is 1. The lowest BCUT2D eigenvalue weighted by Crippen LogP contribution is -2.70. The fraction of sp³-hybridized carbons (Fsp3) is 0.958. The number of unbranched alkanes of at least 4 members (excludes halogenated alkanes) is 38. The van der Waals surface area contributed by atoms with Crippen molar-refractivity contribution in [3.8, 4) is 0 Å². The molecule has 3 rings (SSSR count). The molecule has 18 atom stereocenters. The molecule has 3 fully saturated rings. The van der Waals surface area contributed by atoms with Gasteiger partial charge in [0.15, 0.2) is 12.6 Å². The summed E-state index contributed by atoms with van der Waals surface area (Å²) in [6.07, 6.45) is 21.1. The molecule has 0 bridgehead atoms. The summed E-state index contributed by atoms with van der Waals surface area (Å²) in [7, 11) is 0. The number of aliphatic hydroxyl groups is 11. The van der Waals surface area contributed by atoms with Crippen LogP contribution in [0.25, 0.3) is 0 Å². The number of hydrogen-bond donors (Lipinski definition) is 14. The van der Waals surface area contributed by atoms with Crippen LogP contribution in [0.15, 0.2) is 0 Å². The Kier molecular flexibility index (Phi) is 47.4. The van der Waals surface area contributed by atoms with Crippen LogP contribution in [0.4, 0.5) is 0 Å². The van der Waals surface area contributed by atoms with Crippen LogP contribution in [0.5, 0.6) is 0 Å². The second-order valence-electron chi connectivity index (χ2n) is 27.5. The summed E-state index contributed by atoms with van der Waals surface area (Å²) >= 11 is 0.